The van der Waals surface area contributed by atoms with Crippen LogP contribution in [0.2, 0.25) is 0 Å². The Morgan fingerprint density at radius 3 is 2.76 bits per heavy atom. The Bertz CT molecular complexity index is 921. The predicted molar refractivity (Wildman–Crippen MR) is 100 cm³/mol. The zero-order valence-electron chi connectivity index (χ0n) is 14.1. The van der Waals surface area contributed by atoms with E-state index in [9.17, 15) is 9.90 Å². The van der Waals surface area contributed by atoms with Crippen molar-refractivity contribution >= 4 is 28.0 Å². The summed E-state index contributed by atoms with van der Waals surface area (Å²) in [5, 5.41) is 15.7. The molecular weight excluding hydrogens is 332 g/mol. The number of benzene rings is 2. The maximum atomic E-state index is 12.5. The van der Waals surface area contributed by atoms with Crippen LogP contribution in [0.5, 0.6) is 0 Å². The van der Waals surface area contributed by atoms with E-state index in [4.69, 9.17) is 0 Å². The summed E-state index contributed by atoms with van der Waals surface area (Å²) >= 11 is 1.47. The van der Waals surface area contributed by atoms with E-state index in [-0.39, 0.29) is 11.8 Å². The lowest BCUT2D eigenvalue weighted by Gasteiger charge is -2.36. The molecular formula is C20H20N2O2S. The number of aromatic nitrogens is 1. The van der Waals surface area contributed by atoms with Gasteiger partial charge in [0.05, 0.1) is 11.1 Å². The van der Waals surface area contributed by atoms with Crippen LogP contribution in [-0.2, 0) is 0 Å². The number of hydrogen-bond acceptors (Lipinski definition) is 4. The molecule has 2 heterocycles. The van der Waals surface area contributed by atoms with Crippen molar-refractivity contribution in [2.24, 2.45) is 0 Å². The third-order valence-electron chi connectivity index (χ3n) is 4.91. The van der Waals surface area contributed by atoms with Crippen LogP contribution in [0.3, 0.4) is 0 Å². The van der Waals surface area contributed by atoms with Crippen LogP contribution < -0.4 is 0 Å². The Kier molecular flexibility index (Phi) is 4.27. The summed E-state index contributed by atoms with van der Waals surface area (Å²) < 4.78 is 0. The number of thiazole rings is 1. The quantitative estimate of drug-likeness (QED) is 0.767. The zero-order chi connectivity index (χ0) is 17.4. The van der Waals surface area contributed by atoms with Crippen LogP contribution >= 0.6 is 11.3 Å². The number of β-amino-alcohol motifs (C(OH)–C–C–N with tert-alkyl or cyclic N) is 1. The minimum absolute atomic E-state index is 0.0610. The number of aliphatic hydroxyl groups is 1. The molecule has 1 aliphatic heterocycles. The number of aliphatic hydroxyl groups excluding tert-OH is 1. The number of likely N-dealkylation sites (tertiary alicyclic amines) is 1. The van der Waals surface area contributed by atoms with E-state index in [1.165, 1.54) is 22.1 Å². The Balaban J connectivity index is 1.51. The molecule has 0 bridgehead atoms. The molecule has 4 rings (SSSR count). The molecule has 1 fully saturated rings. The first-order valence-corrected chi connectivity index (χ1v) is 9.38. The second kappa shape index (κ2) is 6.58. The smallest absolute Gasteiger partial charge is 0.273 e. The van der Waals surface area contributed by atoms with Crippen molar-refractivity contribution in [3.05, 3.63) is 64.1 Å². The van der Waals surface area contributed by atoms with E-state index in [1.807, 2.05) is 19.1 Å². The van der Waals surface area contributed by atoms with E-state index in [1.54, 1.807) is 10.3 Å². The van der Waals surface area contributed by atoms with Gasteiger partial charge < -0.3 is 10.0 Å². The van der Waals surface area contributed by atoms with Crippen molar-refractivity contribution in [1.29, 1.82) is 0 Å². The third kappa shape index (κ3) is 3.17. The number of piperidine rings is 1. The summed E-state index contributed by atoms with van der Waals surface area (Å²) in [7, 11) is 0. The van der Waals surface area contributed by atoms with E-state index in [2.05, 4.69) is 35.3 Å². The number of amides is 1. The highest BCUT2D eigenvalue weighted by Crippen LogP contribution is 2.31. The van der Waals surface area contributed by atoms with Gasteiger partial charge in [0.1, 0.15) is 5.69 Å². The summed E-state index contributed by atoms with van der Waals surface area (Å²) in [6.07, 6.45) is 0.201. The Morgan fingerprint density at radius 2 is 2.04 bits per heavy atom. The molecule has 1 saturated heterocycles. The fraction of sp³-hybridized carbons (Fsp3) is 0.300. The average molecular weight is 352 g/mol. The SMILES string of the molecule is Cc1nc(C(=O)N2CC[C@H](c3ccc4ccccc4c3)[C@@H](O)C2)cs1. The second-order valence-electron chi connectivity index (χ2n) is 6.57. The number of fused-ring (bicyclic) bond motifs is 1. The summed E-state index contributed by atoms with van der Waals surface area (Å²) in [6, 6.07) is 14.6. The number of nitrogens with zero attached hydrogens (tertiary/aromatic N) is 2. The van der Waals surface area contributed by atoms with Crippen LogP contribution in [0.4, 0.5) is 0 Å². The van der Waals surface area contributed by atoms with Gasteiger partial charge in [-0.2, -0.15) is 0 Å². The normalized spacial score (nSPS) is 20.8. The number of aryl methyl sites for hydroxylation is 1. The highest BCUT2D eigenvalue weighted by molar-refractivity contribution is 7.09. The van der Waals surface area contributed by atoms with Crippen LogP contribution in [-0.4, -0.2) is 40.1 Å². The second-order valence-corrected chi connectivity index (χ2v) is 7.63. The van der Waals surface area contributed by atoms with E-state index in [0.29, 0.717) is 18.8 Å². The highest BCUT2D eigenvalue weighted by Gasteiger charge is 2.32. The van der Waals surface area contributed by atoms with Crippen molar-refractivity contribution in [2.45, 2.75) is 25.4 Å². The Morgan fingerprint density at radius 1 is 1.24 bits per heavy atom. The van der Waals surface area contributed by atoms with Crippen LogP contribution in [0, 0.1) is 6.92 Å². The lowest BCUT2D eigenvalue weighted by molar-refractivity contribution is 0.0378. The fourth-order valence-corrected chi connectivity index (χ4v) is 4.15. The summed E-state index contributed by atoms with van der Waals surface area (Å²) in [6.45, 7) is 2.89. The third-order valence-corrected chi connectivity index (χ3v) is 5.68. The summed E-state index contributed by atoms with van der Waals surface area (Å²) in [5.74, 6) is -0.0220. The number of carbonyl (C=O) groups excluding carboxylic acids is 1. The number of rotatable bonds is 2. The molecule has 25 heavy (non-hydrogen) atoms. The maximum absolute atomic E-state index is 12.5. The fourth-order valence-electron chi connectivity index (χ4n) is 3.57. The molecule has 0 unspecified atom stereocenters. The minimum atomic E-state index is -0.557. The summed E-state index contributed by atoms with van der Waals surface area (Å²) in [4.78, 5) is 18.5. The van der Waals surface area contributed by atoms with Crippen molar-refractivity contribution in [3.8, 4) is 0 Å². The average Bonchev–Trinajstić information content (AvgIpc) is 3.07. The topological polar surface area (TPSA) is 53.4 Å². The molecule has 0 radical (unpaired) electrons. The standard InChI is InChI=1S/C20H20N2O2S/c1-13-21-18(12-25-13)20(24)22-9-8-17(19(23)11-22)16-7-6-14-4-2-3-5-15(14)10-16/h2-7,10,12,17,19,23H,8-9,11H2,1H3/t17-,19+/m1/s1. The highest BCUT2D eigenvalue weighted by atomic mass is 32.1. The van der Waals surface area contributed by atoms with E-state index < -0.39 is 6.10 Å². The molecule has 0 spiro atoms. The monoisotopic (exact) mass is 352 g/mol. The lowest BCUT2D eigenvalue weighted by atomic mass is 9.86. The first-order chi connectivity index (χ1) is 12.1. The van der Waals surface area contributed by atoms with Gasteiger partial charge in [0, 0.05) is 24.4 Å². The molecule has 2 atom stereocenters. The molecule has 0 saturated carbocycles. The van der Waals surface area contributed by atoms with Crippen molar-refractivity contribution in [2.75, 3.05) is 13.1 Å². The van der Waals surface area contributed by atoms with Gasteiger partial charge in [0.25, 0.3) is 5.91 Å². The Labute approximate surface area is 150 Å². The van der Waals surface area contributed by atoms with Gasteiger partial charge >= 0.3 is 0 Å². The van der Waals surface area contributed by atoms with Crippen LogP contribution in [0.25, 0.3) is 10.8 Å². The van der Waals surface area contributed by atoms with Crippen molar-refractivity contribution < 1.29 is 9.90 Å². The van der Waals surface area contributed by atoms with E-state index >= 15 is 0 Å². The molecule has 3 aromatic rings. The van der Waals surface area contributed by atoms with Crippen molar-refractivity contribution in [1.82, 2.24) is 9.88 Å². The minimum Gasteiger partial charge on any atom is -0.391 e. The van der Waals surface area contributed by atoms with Gasteiger partial charge in [-0.05, 0) is 29.7 Å². The molecule has 4 nitrogen and oxygen atoms in total. The molecule has 1 aliphatic rings. The Hall–Kier alpha value is -2.24. The lowest BCUT2D eigenvalue weighted by Crippen LogP contribution is -2.45. The van der Waals surface area contributed by atoms with Gasteiger partial charge in [-0.15, -0.1) is 11.3 Å². The first-order valence-electron chi connectivity index (χ1n) is 8.50. The zero-order valence-corrected chi connectivity index (χ0v) is 14.9. The van der Waals surface area contributed by atoms with E-state index in [0.717, 1.165) is 17.0 Å². The molecule has 5 heteroatoms. The molecule has 1 amide bonds. The molecule has 2 aromatic carbocycles. The number of hydrogen-bond donors (Lipinski definition) is 1. The molecule has 0 aliphatic carbocycles. The molecule has 128 valence electrons. The maximum Gasteiger partial charge on any atom is 0.273 e. The van der Waals surface area contributed by atoms with Gasteiger partial charge in [-0.25, -0.2) is 4.98 Å². The first kappa shape index (κ1) is 16.2. The molecule has 1 aromatic heterocycles. The van der Waals surface area contributed by atoms with Crippen LogP contribution in [0.15, 0.2) is 47.8 Å². The van der Waals surface area contributed by atoms with Gasteiger partial charge in [0.15, 0.2) is 0 Å². The van der Waals surface area contributed by atoms with Gasteiger partial charge in [0.2, 0.25) is 0 Å². The van der Waals surface area contributed by atoms with Crippen molar-refractivity contribution in [3.63, 3.8) is 0 Å². The number of carbonyl (C=O) groups is 1. The summed E-state index contributed by atoms with van der Waals surface area (Å²) in [5.41, 5.74) is 1.63. The van der Waals surface area contributed by atoms with Crippen LogP contribution in [0.1, 0.15) is 33.4 Å². The molecule has 1 N–H and O–H groups in total. The predicted octanol–water partition coefficient (Wildman–Crippen LogP) is 3.60. The largest absolute Gasteiger partial charge is 0.391 e. The van der Waals surface area contributed by atoms with Gasteiger partial charge in [-0.1, -0.05) is 42.5 Å². The van der Waals surface area contributed by atoms with Gasteiger partial charge in [-0.3, -0.25) is 4.79 Å².